The molecule has 7 nitrogen and oxygen atoms in total. The second-order valence-electron chi connectivity index (χ2n) is 5.35. The van der Waals surface area contributed by atoms with Crippen LogP contribution in [0.2, 0.25) is 0 Å². The highest BCUT2D eigenvalue weighted by atomic mass is 16.5. The molecule has 22 heavy (non-hydrogen) atoms. The minimum Gasteiger partial charge on any atom is -0.374 e. The van der Waals surface area contributed by atoms with E-state index < -0.39 is 0 Å². The van der Waals surface area contributed by atoms with Crippen molar-refractivity contribution in [2.75, 3.05) is 33.3 Å². The summed E-state index contributed by atoms with van der Waals surface area (Å²) in [5.41, 5.74) is 1.35. The average Bonchev–Trinajstić information content (AvgIpc) is 3.07. The summed E-state index contributed by atoms with van der Waals surface area (Å²) in [4.78, 5) is 14.7. The fourth-order valence-corrected chi connectivity index (χ4v) is 2.51. The molecule has 0 bridgehead atoms. The third-order valence-electron chi connectivity index (χ3n) is 3.68. The fraction of sp³-hybridized carbons (Fsp3) is 0.400. The van der Waals surface area contributed by atoms with E-state index in [2.05, 4.69) is 27.5 Å². The summed E-state index contributed by atoms with van der Waals surface area (Å²) in [6.07, 6.45) is 3.18. The van der Waals surface area contributed by atoms with E-state index >= 15 is 0 Å². The number of carbonyl (C=O) groups is 1. The number of hydrogen-bond donors (Lipinski definition) is 1. The quantitative estimate of drug-likeness (QED) is 0.881. The normalized spacial score (nSPS) is 19.0. The summed E-state index contributed by atoms with van der Waals surface area (Å²) in [5, 5.41) is 10.5. The number of rotatable bonds is 4. The molecule has 3 rings (SSSR count). The summed E-state index contributed by atoms with van der Waals surface area (Å²) < 4.78 is 7.38. The summed E-state index contributed by atoms with van der Waals surface area (Å²) >= 11 is 0. The van der Waals surface area contributed by atoms with Crippen molar-refractivity contribution >= 4 is 5.91 Å². The van der Waals surface area contributed by atoms with E-state index in [1.54, 1.807) is 23.3 Å². The van der Waals surface area contributed by atoms with Gasteiger partial charge in [-0.3, -0.25) is 9.36 Å². The third kappa shape index (κ3) is 3.32. The maximum Gasteiger partial charge on any atom is 0.253 e. The molecule has 7 heteroatoms. The van der Waals surface area contributed by atoms with E-state index in [1.165, 1.54) is 0 Å². The number of para-hydroxylation sites is 1. The van der Waals surface area contributed by atoms with Gasteiger partial charge in [-0.15, -0.1) is 10.2 Å². The number of benzene rings is 1. The molecule has 1 aromatic heterocycles. The molecule has 2 heterocycles. The minimum absolute atomic E-state index is 0.0322. The third-order valence-corrected chi connectivity index (χ3v) is 3.68. The zero-order valence-corrected chi connectivity index (χ0v) is 12.5. The Labute approximate surface area is 128 Å². The van der Waals surface area contributed by atoms with Crippen LogP contribution in [-0.2, 0) is 4.74 Å². The van der Waals surface area contributed by atoms with Crippen molar-refractivity contribution in [2.45, 2.75) is 6.10 Å². The number of hydrogen-bond acceptors (Lipinski definition) is 5. The number of ether oxygens (including phenoxy) is 1. The molecule has 1 fully saturated rings. The predicted octanol–water partition coefficient (Wildman–Crippen LogP) is 0.328. The Morgan fingerprint density at radius 1 is 1.36 bits per heavy atom. The molecule has 1 aliphatic heterocycles. The van der Waals surface area contributed by atoms with Crippen LogP contribution in [0.4, 0.5) is 0 Å². The highest BCUT2D eigenvalue weighted by Gasteiger charge is 2.19. The number of nitrogens with one attached hydrogen (secondary N) is 1. The van der Waals surface area contributed by atoms with Gasteiger partial charge in [0.1, 0.15) is 12.7 Å². The van der Waals surface area contributed by atoms with E-state index in [9.17, 15) is 4.79 Å². The maximum absolute atomic E-state index is 12.5. The van der Waals surface area contributed by atoms with Crippen LogP contribution in [0.25, 0.3) is 5.69 Å². The van der Waals surface area contributed by atoms with Crippen LogP contribution in [0.5, 0.6) is 0 Å². The Hall–Kier alpha value is -2.25. The molecule has 1 aliphatic rings. The molecule has 1 aromatic carbocycles. The molecule has 0 saturated carbocycles. The molecular weight excluding hydrogens is 282 g/mol. The molecule has 1 amide bonds. The van der Waals surface area contributed by atoms with Gasteiger partial charge < -0.3 is 15.0 Å². The Kier molecular flexibility index (Phi) is 4.45. The topological polar surface area (TPSA) is 72.3 Å². The van der Waals surface area contributed by atoms with Gasteiger partial charge in [0.15, 0.2) is 0 Å². The number of nitrogens with zero attached hydrogens (tertiary/aromatic N) is 4. The van der Waals surface area contributed by atoms with Crippen molar-refractivity contribution in [2.24, 2.45) is 0 Å². The predicted molar refractivity (Wildman–Crippen MR) is 80.9 cm³/mol. The minimum atomic E-state index is -0.124. The lowest BCUT2D eigenvalue weighted by molar-refractivity contribution is -0.0175. The van der Waals surface area contributed by atoms with Crippen molar-refractivity contribution in [3.8, 4) is 5.69 Å². The van der Waals surface area contributed by atoms with Crippen molar-refractivity contribution < 1.29 is 9.53 Å². The van der Waals surface area contributed by atoms with Crippen LogP contribution in [0.15, 0.2) is 36.9 Å². The first-order valence-corrected chi connectivity index (χ1v) is 7.26. The van der Waals surface area contributed by atoms with Crippen LogP contribution >= 0.6 is 0 Å². The van der Waals surface area contributed by atoms with Gasteiger partial charge in [0.25, 0.3) is 5.91 Å². The molecule has 0 aliphatic carbocycles. The summed E-state index contributed by atoms with van der Waals surface area (Å²) in [5.74, 6) is -0.124. The summed E-state index contributed by atoms with van der Waals surface area (Å²) in [6, 6.07) is 7.38. The Morgan fingerprint density at radius 3 is 2.91 bits per heavy atom. The van der Waals surface area contributed by atoms with Gasteiger partial charge in [-0.2, -0.15) is 0 Å². The van der Waals surface area contributed by atoms with E-state index in [1.807, 2.05) is 18.2 Å². The van der Waals surface area contributed by atoms with Gasteiger partial charge in [0.05, 0.1) is 24.0 Å². The van der Waals surface area contributed by atoms with Gasteiger partial charge >= 0.3 is 0 Å². The van der Waals surface area contributed by atoms with Crippen LogP contribution in [0, 0.1) is 0 Å². The zero-order chi connectivity index (χ0) is 15.4. The molecule has 2 aromatic rings. The highest BCUT2D eigenvalue weighted by Crippen LogP contribution is 2.13. The monoisotopic (exact) mass is 301 g/mol. The van der Waals surface area contributed by atoms with Crippen molar-refractivity contribution in [3.05, 3.63) is 42.5 Å². The number of carbonyl (C=O) groups excluding carboxylic acids is 1. The van der Waals surface area contributed by atoms with E-state index in [0.29, 0.717) is 18.7 Å². The lowest BCUT2D eigenvalue weighted by Crippen LogP contribution is -2.46. The molecule has 0 radical (unpaired) electrons. The zero-order valence-electron chi connectivity index (χ0n) is 12.5. The molecule has 1 N–H and O–H groups in total. The van der Waals surface area contributed by atoms with Crippen LogP contribution < -0.4 is 5.32 Å². The number of amides is 1. The van der Waals surface area contributed by atoms with E-state index in [0.717, 1.165) is 18.8 Å². The second kappa shape index (κ2) is 6.67. The first kappa shape index (κ1) is 14.7. The highest BCUT2D eigenvalue weighted by molar-refractivity contribution is 5.97. The lowest BCUT2D eigenvalue weighted by atomic mass is 10.1. The fourth-order valence-electron chi connectivity index (χ4n) is 2.51. The van der Waals surface area contributed by atoms with Crippen LogP contribution in [0.3, 0.4) is 0 Å². The van der Waals surface area contributed by atoms with E-state index in [4.69, 9.17) is 4.74 Å². The largest absolute Gasteiger partial charge is 0.374 e. The standard InChI is InChI=1S/C15H19N5O2/c1-19-6-7-22-12(9-19)8-16-15(21)13-4-2-3-5-14(13)20-10-17-18-11-20/h2-5,10-12H,6-9H2,1H3,(H,16,21). The Bertz CT molecular complexity index is 629. The first-order chi connectivity index (χ1) is 10.7. The van der Waals surface area contributed by atoms with Crippen molar-refractivity contribution in [3.63, 3.8) is 0 Å². The van der Waals surface area contributed by atoms with Crippen molar-refractivity contribution in [1.29, 1.82) is 0 Å². The second-order valence-corrected chi connectivity index (χ2v) is 5.35. The maximum atomic E-state index is 12.5. The van der Waals surface area contributed by atoms with Crippen LogP contribution in [0.1, 0.15) is 10.4 Å². The molecule has 1 atom stereocenters. The van der Waals surface area contributed by atoms with Gasteiger partial charge in [-0.05, 0) is 19.2 Å². The smallest absolute Gasteiger partial charge is 0.253 e. The van der Waals surface area contributed by atoms with Crippen molar-refractivity contribution in [1.82, 2.24) is 25.0 Å². The number of aromatic nitrogens is 3. The summed E-state index contributed by atoms with van der Waals surface area (Å²) in [7, 11) is 2.05. The molecule has 1 saturated heterocycles. The lowest BCUT2D eigenvalue weighted by Gasteiger charge is -2.30. The Morgan fingerprint density at radius 2 is 2.14 bits per heavy atom. The molecule has 116 valence electrons. The molecule has 1 unspecified atom stereocenters. The van der Waals surface area contributed by atoms with Gasteiger partial charge in [0, 0.05) is 19.6 Å². The number of likely N-dealkylation sites (N-methyl/N-ethyl adjacent to an activating group) is 1. The first-order valence-electron chi connectivity index (χ1n) is 7.26. The van der Waals surface area contributed by atoms with E-state index in [-0.39, 0.29) is 12.0 Å². The van der Waals surface area contributed by atoms with Gasteiger partial charge in [-0.1, -0.05) is 12.1 Å². The van der Waals surface area contributed by atoms with Gasteiger partial charge in [0.2, 0.25) is 0 Å². The SMILES string of the molecule is CN1CCOC(CNC(=O)c2ccccc2-n2cnnc2)C1. The molecular formula is C15H19N5O2. The molecule has 0 spiro atoms. The summed E-state index contributed by atoms with van der Waals surface area (Å²) in [6.45, 7) is 2.96. The average molecular weight is 301 g/mol. The number of morpholine rings is 1. The Balaban J connectivity index is 1.68. The van der Waals surface area contributed by atoms with Crippen LogP contribution in [-0.4, -0.2) is 65.0 Å². The van der Waals surface area contributed by atoms with Gasteiger partial charge in [-0.25, -0.2) is 0 Å².